The summed E-state index contributed by atoms with van der Waals surface area (Å²) >= 11 is 6.25. The van der Waals surface area contributed by atoms with Gasteiger partial charge in [-0.3, -0.25) is 4.79 Å². The number of hydrogen-bond donors (Lipinski definition) is 0. The van der Waals surface area contributed by atoms with Gasteiger partial charge in [-0.25, -0.2) is 4.68 Å². The number of tetrazole rings is 1. The SMILES string of the molecule is Cc1nnnn1CCC(=O)N1CCC(c2ccccc2Cl)C1. The van der Waals surface area contributed by atoms with Crippen molar-refractivity contribution in [2.45, 2.75) is 32.2 Å². The van der Waals surface area contributed by atoms with Gasteiger partial charge in [0.15, 0.2) is 0 Å². The predicted octanol–water partition coefficient (Wildman–Crippen LogP) is 2.04. The van der Waals surface area contributed by atoms with Crippen molar-refractivity contribution in [3.8, 4) is 0 Å². The molecule has 1 unspecified atom stereocenters. The summed E-state index contributed by atoms with van der Waals surface area (Å²) in [5.41, 5.74) is 1.13. The highest BCUT2D eigenvalue weighted by molar-refractivity contribution is 6.31. The molecule has 1 amide bonds. The Morgan fingerprint density at radius 1 is 1.41 bits per heavy atom. The number of carbonyl (C=O) groups excluding carboxylic acids is 1. The average molecular weight is 320 g/mol. The Bertz CT molecular complexity index is 671. The Hall–Kier alpha value is -1.95. The molecule has 2 heterocycles. The summed E-state index contributed by atoms with van der Waals surface area (Å²) in [7, 11) is 0. The first-order valence-corrected chi connectivity index (χ1v) is 7.78. The van der Waals surface area contributed by atoms with E-state index in [4.69, 9.17) is 11.6 Å². The van der Waals surface area contributed by atoms with Crippen LogP contribution in [0.4, 0.5) is 0 Å². The van der Waals surface area contributed by atoms with Crippen LogP contribution in [-0.4, -0.2) is 44.1 Å². The van der Waals surface area contributed by atoms with Crippen LogP contribution in [0, 0.1) is 6.92 Å². The van der Waals surface area contributed by atoms with Crippen molar-refractivity contribution in [1.29, 1.82) is 0 Å². The molecule has 6 nitrogen and oxygen atoms in total. The van der Waals surface area contributed by atoms with E-state index in [2.05, 4.69) is 15.5 Å². The predicted molar refractivity (Wildman–Crippen MR) is 82.6 cm³/mol. The van der Waals surface area contributed by atoms with Gasteiger partial charge in [0.2, 0.25) is 5.91 Å². The minimum Gasteiger partial charge on any atom is -0.342 e. The zero-order chi connectivity index (χ0) is 15.5. The Kier molecular flexibility index (Phi) is 4.38. The van der Waals surface area contributed by atoms with Crippen LogP contribution in [0.2, 0.25) is 5.02 Å². The van der Waals surface area contributed by atoms with Gasteiger partial charge in [-0.05, 0) is 35.4 Å². The second-order valence-corrected chi connectivity index (χ2v) is 5.95. The van der Waals surface area contributed by atoms with Crippen molar-refractivity contribution >= 4 is 17.5 Å². The first-order valence-electron chi connectivity index (χ1n) is 7.40. The number of carbonyl (C=O) groups is 1. The van der Waals surface area contributed by atoms with Crippen LogP contribution in [0.25, 0.3) is 0 Å². The second-order valence-electron chi connectivity index (χ2n) is 5.55. The van der Waals surface area contributed by atoms with Crippen molar-refractivity contribution < 1.29 is 4.79 Å². The van der Waals surface area contributed by atoms with Crippen LogP contribution in [0.1, 0.15) is 30.1 Å². The molecular formula is C15H18ClN5O. The van der Waals surface area contributed by atoms with E-state index in [9.17, 15) is 4.79 Å². The molecule has 0 aliphatic carbocycles. The highest BCUT2D eigenvalue weighted by atomic mass is 35.5. The number of aromatic nitrogens is 4. The van der Waals surface area contributed by atoms with Crippen molar-refractivity contribution in [3.63, 3.8) is 0 Å². The van der Waals surface area contributed by atoms with Gasteiger partial charge >= 0.3 is 0 Å². The lowest BCUT2D eigenvalue weighted by Gasteiger charge is -2.17. The molecule has 0 N–H and O–H groups in total. The lowest BCUT2D eigenvalue weighted by molar-refractivity contribution is -0.130. The van der Waals surface area contributed by atoms with E-state index < -0.39 is 0 Å². The van der Waals surface area contributed by atoms with Gasteiger partial charge in [0.05, 0.1) is 6.54 Å². The fourth-order valence-corrected chi connectivity index (χ4v) is 3.15. The summed E-state index contributed by atoms with van der Waals surface area (Å²) in [4.78, 5) is 14.2. The van der Waals surface area contributed by atoms with Gasteiger partial charge < -0.3 is 4.90 Å². The van der Waals surface area contributed by atoms with Gasteiger partial charge in [0, 0.05) is 30.5 Å². The quantitative estimate of drug-likeness (QED) is 0.865. The Labute approximate surface area is 134 Å². The van der Waals surface area contributed by atoms with Gasteiger partial charge in [-0.2, -0.15) is 0 Å². The molecule has 1 fully saturated rings. The van der Waals surface area contributed by atoms with Crippen molar-refractivity contribution in [2.75, 3.05) is 13.1 Å². The average Bonchev–Trinajstić information content (AvgIpc) is 3.14. The standard InChI is InChI=1S/C15H18ClN5O/c1-11-17-18-19-21(11)9-7-15(22)20-8-6-12(10-20)13-4-2-3-5-14(13)16/h2-5,12H,6-10H2,1H3. The number of aryl methyl sites for hydroxylation is 2. The summed E-state index contributed by atoms with van der Waals surface area (Å²) in [5, 5.41) is 12.0. The van der Waals surface area contributed by atoms with Crippen molar-refractivity contribution in [1.82, 2.24) is 25.1 Å². The van der Waals surface area contributed by atoms with E-state index in [1.165, 1.54) is 0 Å². The molecule has 0 spiro atoms. The lowest BCUT2D eigenvalue weighted by Crippen LogP contribution is -2.29. The van der Waals surface area contributed by atoms with Crippen LogP contribution >= 0.6 is 11.6 Å². The van der Waals surface area contributed by atoms with E-state index in [-0.39, 0.29) is 5.91 Å². The minimum absolute atomic E-state index is 0.143. The molecule has 3 rings (SSSR count). The summed E-state index contributed by atoms with van der Waals surface area (Å²) in [6, 6.07) is 7.87. The number of likely N-dealkylation sites (tertiary alicyclic amines) is 1. The van der Waals surface area contributed by atoms with E-state index in [0.29, 0.717) is 18.9 Å². The summed E-state index contributed by atoms with van der Waals surface area (Å²) in [6.45, 7) is 3.86. The summed E-state index contributed by atoms with van der Waals surface area (Å²) < 4.78 is 1.65. The molecule has 2 aromatic rings. The molecule has 1 aliphatic heterocycles. The normalized spacial score (nSPS) is 17.9. The molecule has 1 aromatic carbocycles. The van der Waals surface area contributed by atoms with E-state index in [0.717, 1.165) is 35.9 Å². The Morgan fingerprint density at radius 2 is 2.23 bits per heavy atom. The van der Waals surface area contributed by atoms with E-state index >= 15 is 0 Å². The van der Waals surface area contributed by atoms with Crippen molar-refractivity contribution in [2.24, 2.45) is 0 Å². The monoisotopic (exact) mass is 319 g/mol. The fraction of sp³-hybridized carbons (Fsp3) is 0.467. The Morgan fingerprint density at radius 3 is 2.95 bits per heavy atom. The molecule has 1 saturated heterocycles. The zero-order valence-electron chi connectivity index (χ0n) is 12.4. The number of nitrogens with zero attached hydrogens (tertiary/aromatic N) is 5. The third kappa shape index (κ3) is 3.11. The summed E-state index contributed by atoms with van der Waals surface area (Å²) in [6.07, 6.45) is 1.38. The zero-order valence-corrected chi connectivity index (χ0v) is 13.2. The smallest absolute Gasteiger partial charge is 0.224 e. The number of hydrogen-bond acceptors (Lipinski definition) is 4. The van der Waals surface area contributed by atoms with Crippen LogP contribution in [0.3, 0.4) is 0 Å². The fourth-order valence-electron chi connectivity index (χ4n) is 2.86. The van der Waals surface area contributed by atoms with E-state index in [1.807, 2.05) is 36.1 Å². The topological polar surface area (TPSA) is 63.9 Å². The van der Waals surface area contributed by atoms with Gasteiger partial charge in [-0.1, -0.05) is 29.8 Å². The molecule has 0 bridgehead atoms. The second kappa shape index (κ2) is 6.44. The molecule has 0 saturated carbocycles. The number of amides is 1. The third-order valence-corrected chi connectivity index (χ3v) is 4.48. The van der Waals surface area contributed by atoms with Gasteiger partial charge in [0.1, 0.15) is 5.82 Å². The number of halogens is 1. The van der Waals surface area contributed by atoms with Crippen molar-refractivity contribution in [3.05, 3.63) is 40.7 Å². The first kappa shape index (κ1) is 15.0. The molecule has 1 aromatic heterocycles. The maximum Gasteiger partial charge on any atom is 0.224 e. The largest absolute Gasteiger partial charge is 0.342 e. The van der Waals surface area contributed by atoms with Gasteiger partial charge in [0.25, 0.3) is 0 Å². The third-order valence-electron chi connectivity index (χ3n) is 4.13. The molecule has 1 aliphatic rings. The highest BCUT2D eigenvalue weighted by Gasteiger charge is 2.28. The maximum absolute atomic E-state index is 12.3. The van der Waals surface area contributed by atoms with Crippen LogP contribution in [0.15, 0.2) is 24.3 Å². The van der Waals surface area contributed by atoms with Crippen LogP contribution < -0.4 is 0 Å². The minimum atomic E-state index is 0.143. The lowest BCUT2D eigenvalue weighted by atomic mass is 9.98. The molecule has 1 atom stereocenters. The molecule has 116 valence electrons. The van der Waals surface area contributed by atoms with E-state index in [1.54, 1.807) is 4.68 Å². The molecular weight excluding hydrogens is 302 g/mol. The van der Waals surface area contributed by atoms with Gasteiger partial charge in [-0.15, -0.1) is 5.10 Å². The summed E-state index contributed by atoms with van der Waals surface area (Å²) in [5.74, 6) is 1.19. The Balaban J connectivity index is 1.57. The molecule has 22 heavy (non-hydrogen) atoms. The number of benzene rings is 1. The maximum atomic E-state index is 12.3. The first-order chi connectivity index (χ1) is 10.6. The molecule has 0 radical (unpaired) electrons. The van der Waals surface area contributed by atoms with Crippen LogP contribution in [-0.2, 0) is 11.3 Å². The molecule has 7 heteroatoms. The van der Waals surface area contributed by atoms with Crippen LogP contribution in [0.5, 0.6) is 0 Å². The number of rotatable bonds is 4. The highest BCUT2D eigenvalue weighted by Crippen LogP contribution is 2.32.